The number of nitrogens with one attached hydrogen (secondary N) is 1. The number of anilines is 3. The van der Waals surface area contributed by atoms with Crippen LogP contribution in [0.4, 0.5) is 17.1 Å². The summed E-state index contributed by atoms with van der Waals surface area (Å²) in [6.45, 7) is 8.00. The molecule has 0 amide bonds. The van der Waals surface area contributed by atoms with Crippen LogP contribution in [0.2, 0.25) is 0 Å². The minimum Gasteiger partial charge on any atom is -0.354 e. The normalized spacial score (nSPS) is 15.8. The van der Waals surface area contributed by atoms with Crippen molar-refractivity contribution in [1.29, 1.82) is 0 Å². The first-order valence-electron chi connectivity index (χ1n) is 23.3. The van der Waals surface area contributed by atoms with Crippen molar-refractivity contribution in [3.63, 3.8) is 0 Å². The zero-order valence-corrected chi connectivity index (χ0v) is 37.8. The van der Waals surface area contributed by atoms with Crippen molar-refractivity contribution in [2.45, 2.75) is 52.9 Å². The third-order valence-corrected chi connectivity index (χ3v) is 14.6. The average Bonchev–Trinajstić information content (AvgIpc) is 3.97. The highest BCUT2D eigenvalue weighted by Crippen LogP contribution is 2.63. The van der Waals surface area contributed by atoms with E-state index in [-0.39, 0.29) is 0 Å². The van der Waals surface area contributed by atoms with Crippen LogP contribution in [0.25, 0.3) is 80.9 Å². The summed E-state index contributed by atoms with van der Waals surface area (Å²) in [5, 5.41) is 5.13. The van der Waals surface area contributed by atoms with Crippen LogP contribution in [0.15, 0.2) is 194 Å². The number of para-hydroxylation sites is 2. The highest BCUT2D eigenvalue weighted by atomic mass is 32.1. The van der Waals surface area contributed by atoms with E-state index in [1.807, 2.05) is 39.0 Å². The molecule has 3 aliphatic carbocycles. The first-order valence-corrected chi connectivity index (χ1v) is 24.1. The number of fused-ring (bicyclic) bond motifs is 11. The first-order chi connectivity index (χ1) is 31.7. The number of aromatic amines is 1. The van der Waals surface area contributed by atoms with E-state index in [0.717, 1.165) is 0 Å². The molecule has 13 rings (SSSR count). The molecule has 2 heterocycles. The van der Waals surface area contributed by atoms with Gasteiger partial charge in [0.1, 0.15) is 0 Å². The van der Waals surface area contributed by atoms with Gasteiger partial charge >= 0.3 is 0 Å². The number of aromatic nitrogens is 1. The summed E-state index contributed by atoms with van der Waals surface area (Å²) < 4.78 is 2.61. The van der Waals surface area contributed by atoms with Crippen molar-refractivity contribution in [2.75, 3.05) is 4.90 Å². The molecule has 0 radical (unpaired) electrons. The minimum absolute atomic E-state index is 0.588. The molecule has 3 aliphatic rings. The number of rotatable bonds is 6. The van der Waals surface area contributed by atoms with Gasteiger partial charge in [-0.2, -0.15) is 0 Å². The molecule has 2 nitrogen and oxygen atoms in total. The number of hydrogen-bond donors (Lipinski definition) is 1. The van der Waals surface area contributed by atoms with Crippen LogP contribution < -0.4 is 4.90 Å². The third kappa shape index (κ3) is 6.61. The molecular weight excluding hydrogens is 793 g/mol. The van der Waals surface area contributed by atoms with E-state index < -0.39 is 0 Å². The zero-order chi connectivity index (χ0) is 43.3. The lowest BCUT2D eigenvalue weighted by atomic mass is 9.80. The van der Waals surface area contributed by atoms with E-state index in [1.54, 1.807) is 5.57 Å². The first kappa shape index (κ1) is 39.9. The predicted molar refractivity (Wildman–Crippen MR) is 279 cm³/mol. The van der Waals surface area contributed by atoms with Crippen molar-refractivity contribution in [3.8, 4) is 33.4 Å². The van der Waals surface area contributed by atoms with Crippen LogP contribution in [0.1, 0.15) is 64.0 Å². The van der Waals surface area contributed by atoms with E-state index >= 15 is 0 Å². The maximum Gasteiger partial charge on any atom is 0.0544 e. The largest absolute Gasteiger partial charge is 0.354 e. The van der Waals surface area contributed by atoms with Gasteiger partial charge in [-0.05, 0) is 118 Å². The summed E-state index contributed by atoms with van der Waals surface area (Å²) in [5.74, 6) is 1.27. The van der Waals surface area contributed by atoms with Crippen molar-refractivity contribution in [2.24, 2.45) is 5.92 Å². The number of hydrogen-bond acceptors (Lipinski definition) is 2. The van der Waals surface area contributed by atoms with Gasteiger partial charge in [0.25, 0.3) is 0 Å². The third-order valence-electron chi connectivity index (χ3n) is 13.5. The maximum absolute atomic E-state index is 3.75. The Morgan fingerprint density at radius 1 is 0.500 bits per heavy atom. The molecule has 64 heavy (non-hydrogen) atoms. The molecule has 1 saturated carbocycles. The minimum atomic E-state index is 0.588. The molecule has 1 fully saturated rings. The second kappa shape index (κ2) is 16.6. The van der Waals surface area contributed by atoms with Crippen LogP contribution in [0, 0.1) is 5.92 Å². The Bertz CT molecular complexity index is 3420. The number of thiophene rings is 1. The standard InChI is InChI=1S/C57H40N2S.2C2H6/c1-2-12-35(13-3-1)36-24-27-38(28-25-36)59(53-23-11-19-47-42-16-6-7-17-43(42)50-34-51(50)56(47)53)39-29-31-46-45-30-26-37(32-54(45)60-55(46)33-39)40-14-4-5-15-41(40)48-20-10-21-49-44-18-8-9-22-52(44)58-57(48)49;2*1-2/h1-6,8-16,18-33,50-51,58H,7,17,34H2;2*1-2H3. The van der Waals surface area contributed by atoms with Gasteiger partial charge in [-0.1, -0.05) is 179 Å². The van der Waals surface area contributed by atoms with E-state index in [0.29, 0.717) is 11.8 Å². The van der Waals surface area contributed by atoms with Crippen LogP contribution in [0.5, 0.6) is 0 Å². The highest BCUT2D eigenvalue weighted by molar-refractivity contribution is 7.25. The van der Waals surface area contributed by atoms with Crippen LogP contribution in [-0.2, 0) is 0 Å². The smallest absolute Gasteiger partial charge is 0.0544 e. The number of benzene rings is 8. The lowest BCUT2D eigenvalue weighted by Gasteiger charge is -2.32. The fourth-order valence-electron chi connectivity index (χ4n) is 10.6. The molecule has 0 bridgehead atoms. The zero-order valence-electron chi connectivity index (χ0n) is 37.0. The Hall–Kier alpha value is -6.94. The van der Waals surface area contributed by atoms with Crippen molar-refractivity contribution in [1.82, 2.24) is 4.98 Å². The SMILES string of the molecule is C1=CC2=C(CC1)C1CC1c1c2cccc1N(c1ccc(-c2ccccc2)cc1)c1ccc2c(c1)sc1cc(-c3ccccc3-c3cccc4c3[nH]c3ccccc34)ccc12.CC.CC. The number of nitrogens with zero attached hydrogens (tertiary/aromatic N) is 1. The van der Waals surface area contributed by atoms with Crippen LogP contribution in [-0.4, -0.2) is 4.98 Å². The molecule has 2 unspecified atom stereocenters. The summed E-state index contributed by atoms with van der Waals surface area (Å²) >= 11 is 1.90. The van der Waals surface area contributed by atoms with Gasteiger partial charge in [-0.3, -0.25) is 0 Å². The van der Waals surface area contributed by atoms with Gasteiger partial charge in [0.05, 0.1) is 11.2 Å². The second-order valence-corrected chi connectivity index (χ2v) is 17.8. The van der Waals surface area contributed by atoms with Gasteiger partial charge in [-0.25, -0.2) is 0 Å². The van der Waals surface area contributed by atoms with Crippen molar-refractivity contribution >= 4 is 76.0 Å². The molecule has 2 atom stereocenters. The Labute approximate surface area is 380 Å². The van der Waals surface area contributed by atoms with Gasteiger partial charge in [0, 0.05) is 53.4 Å². The summed E-state index contributed by atoms with van der Waals surface area (Å²) in [4.78, 5) is 6.28. The Morgan fingerprint density at radius 2 is 1.14 bits per heavy atom. The fraction of sp³-hybridized carbons (Fsp3) is 0.148. The molecule has 8 aromatic carbocycles. The van der Waals surface area contributed by atoms with Crippen LogP contribution in [0.3, 0.4) is 0 Å². The van der Waals surface area contributed by atoms with Crippen molar-refractivity contribution in [3.05, 3.63) is 205 Å². The molecule has 2 aromatic heterocycles. The molecule has 312 valence electrons. The monoisotopic (exact) mass is 844 g/mol. The molecule has 10 aromatic rings. The molecular formula is C61H52N2S. The Balaban J connectivity index is 0.00000111. The molecule has 1 N–H and O–H groups in total. The Morgan fingerprint density at radius 3 is 1.98 bits per heavy atom. The summed E-state index contributed by atoms with van der Waals surface area (Å²) in [7, 11) is 0. The summed E-state index contributed by atoms with van der Waals surface area (Å²) in [6.07, 6.45) is 8.42. The summed E-state index contributed by atoms with van der Waals surface area (Å²) in [6, 6.07) is 65.3. The van der Waals surface area contributed by atoms with E-state index in [4.69, 9.17) is 0 Å². The number of H-pyrrole nitrogens is 1. The Kier molecular flexibility index (Phi) is 10.4. The van der Waals surface area contributed by atoms with E-state index in [1.165, 1.54) is 128 Å². The topological polar surface area (TPSA) is 19.0 Å². The maximum atomic E-state index is 3.75. The molecule has 0 spiro atoms. The van der Waals surface area contributed by atoms with Gasteiger partial charge in [0.15, 0.2) is 0 Å². The molecule has 3 heteroatoms. The predicted octanol–water partition coefficient (Wildman–Crippen LogP) is 18.4. The van der Waals surface area contributed by atoms with Crippen LogP contribution >= 0.6 is 11.3 Å². The lowest BCUT2D eigenvalue weighted by Crippen LogP contribution is -2.15. The van der Waals surface area contributed by atoms with E-state index in [9.17, 15) is 0 Å². The lowest BCUT2D eigenvalue weighted by molar-refractivity contribution is 0.816. The van der Waals surface area contributed by atoms with E-state index in [2.05, 4.69) is 198 Å². The van der Waals surface area contributed by atoms with Gasteiger partial charge in [-0.15, -0.1) is 11.3 Å². The summed E-state index contributed by atoms with van der Waals surface area (Å²) in [5.41, 5.74) is 19.6. The quantitative estimate of drug-likeness (QED) is 0.177. The average molecular weight is 845 g/mol. The highest BCUT2D eigenvalue weighted by Gasteiger charge is 2.48. The fourth-order valence-corrected chi connectivity index (χ4v) is 11.8. The van der Waals surface area contributed by atoms with Gasteiger partial charge < -0.3 is 9.88 Å². The van der Waals surface area contributed by atoms with Crippen molar-refractivity contribution < 1.29 is 0 Å². The molecule has 0 saturated heterocycles. The number of allylic oxidation sites excluding steroid dienone is 4. The van der Waals surface area contributed by atoms with Gasteiger partial charge in [0.2, 0.25) is 0 Å². The molecule has 0 aliphatic heterocycles. The second-order valence-electron chi connectivity index (χ2n) is 16.8.